The highest BCUT2D eigenvalue weighted by Crippen LogP contribution is 2.43. The number of hydrogen-bond acceptors (Lipinski definition) is 5. The lowest BCUT2D eigenvalue weighted by molar-refractivity contribution is 0.0245. The molecule has 0 saturated carbocycles. The third-order valence-corrected chi connectivity index (χ3v) is 5.99. The Balaban J connectivity index is 1.82. The number of aromatic nitrogens is 1. The Morgan fingerprint density at radius 1 is 1.20 bits per heavy atom. The molecule has 0 radical (unpaired) electrons. The van der Waals surface area contributed by atoms with Crippen LogP contribution in [0.15, 0.2) is 29.2 Å². The third-order valence-electron chi connectivity index (χ3n) is 5.99. The largest absolute Gasteiger partial charge is 0.493 e. The number of fused-ring (bicyclic) bond motifs is 3. The molecule has 0 bridgehead atoms. The number of benzene rings is 1. The van der Waals surface area contributed by atoms with Crippen molar-refractivity contribution in [2.45, 2.75) is 45.3 Å². The van der Waals surface area contributed by atoms with E-state index < -0.39 is 11.4 Å². The number of rotatable bonds is 5. The van der Waals surface area contributed by atoms with Crippen molar-refractivity contribution >= 4 is 5.97 Å². The van der Waals surface area contributed by atoms with Crippen LogP contribution < -0.4 is 14.9 Å². The summed E-state index contributed by atoms with van der Waals surface area (Å²) < 4.78 is 19.2. The van der Waals surface area contributed by atoms with E-state index in [-0.39, 0.29) is 23.6 Å². The average Bonchev–Trinajstić information content (AvgIpc) is 2.72. The standard InChI is InChI=1S/C23H27NO6/c1-13(2)18-8-14-9-22(30-15-4-6-29-7-5-15)21(28-3)10-16(14)19-11-20(25)17(23(26)27)12-24(18)19/h9-13,15,18H,4-8H2,1-3H3,(H,26,27)/t18-/m0/s1. The summed E-state index contributed by atoms with van der Waals surface area (Å²) in [6.07, 6.45) is 3.96. The number of carbonyl (C=O) groups is 1. The maximum absolute atomic E-state index is 12.4. The number of carboxylic acid groups (broad SMARTS) is 1. The van der Waals surface area contributed by atoms with Gasteiger partial charge in [0.05, 0.1) is 26.0 Å². The van der Waals surface area contributed by atoms with E-state index >= 15 is 0 Å². The second kappa shape index (κ2) is 8.14. The van der Waals surface area contributed by atoms with Gasteiger partial charge >= 0.3 is 5.97 Å². The molecule has 0 aliphatic carbocycles. The number of nitrogens with zero attached hydrogens (tertiary/aromatic N) is 1. The van der Waals surface area contributed by atoms with Gasteiger partial charge in [0.25, 0.3) is 0 Å². The van der Waals surface area contributed by atoms with Gasteiger partial charge in [-0.15, -0.1) is 0 Å². The van der Waals surface area contributed by atoms with Crippen molar-refractivity contribution in [3.8, 4) is 22.8 Å². The van der Waals surface area contributed by atoms with Crippen molar-refractivity contribution in [3.05, 3.63) is 45.7 Å². The number of pyridine rings is 1. The summed E-state index contributed by atoms with van der Waals surface area (Å²) in [4.78, 5) is 23.9. The zero-order valence-electron chi connectivity index (χ0n) is 17.5. The first-order valence-electron chi connectivity index (χ1n) is 10.3. The molecule has 0 amide bonds. The Kier molecular flexibility index (Phi) is 5.56. The highest BCUT2D eigenvalue weighted by Gasteiger charge is 2.30. The van der Waals surface area contributed by atoms with Gasteiger partial charge < -0.3 is 23.9 Å². The molecule has 2 aliphatic rings. The highest BCUT2D eigenvalue weighted by atomic mass is 16.5. The van der Waals surface area contributed by atoms with Crippen LogP contribution in [0.2, 0.25) is 0 Å². The van der Waals surface area contributed by atoms with E-state index in [9.17, 15) is 14.7 Å². The molecular formula is C23H27NO6. The molecule has 1 saturated heterocycles. The maximum atomic E-state index is 12.4. The van der Waals surface area contributed by atoms with Gasteiger partial charge in [0.15, 0.2) is 16.9 Å². The molecule has 0 unspecified atom stereocenters. The van der Waals surface area contributed by atoms with Crippen LogP contribution in [0.1, 0.15) is 48.7 Å². The monoisotopic (exact) mass is 413 g/mol. The molecule has 0 spiro atoms. The molecule has 1 aromatic heterocycles. The second-order valence-electron chi connectivity index (χ2n) is 8.25. The Morgan fingerprint density at radius 2 is 1.93 bits per heavy atom. The van der Waals surface area contributed by atoms with Crippen LogP contribution in [0.25, 0.3) is 11.3 Å². The fourth-order valence-corrected chi connectivity index (χ4v) is 4.32. The molecule has 4 rings (SSSR count). The van der Waals surface area contributed by atoms with Crippen molar-refractivity contribution in [1.82, 2.24) is 4.57 Å². The third kappa shape index (κ3) is 3.69. The Bertz CT molecular complexity index is 1020. The van der Waals surface area contributed by atoms with Crippen LogP contribution in [0.5, 0.6) is 11.5 Å². The lowest BCUT2D eigenvalue weighted by atomic mass is 9.87. The summed E-state index contributed by atoms with van der Waals surface area (Å²) in [6.45, 7) is 5.58. The van der Waals surface area contributed by atoms with Gasteiger partial charge in [-0.3, -0.25) is 4.79 Å². The predicted octanol–water partition coefficient (Wildman–Crippen LogP) is 3.53. The minimum Gasteiger partial charge on any atom is -0.493 e. The molecule has 1 atom stereocenters. The Morgan fingerprint density at radius 3 is 2.57 bits per heavy atom. The quantitative estimate of drug-likeness (QED) is 0.807. The molecule has 3 heterocycles. The van der Waals surface area contributed by atoms with Crippen molar-refractivity contribution < 1.29 is 24.1 Å². The van der Waals surface area contributed by atoms with Crippen LogP contribution in [-0.2, 0) is 11.2 Å². The van der Waals surface area contributed by atoms with E-state index in [4.69, 9.17) is 14.2 Å². The molecule has 160 valence electrons. The van der Waals surface area contributed by atoms with E-state index in [0.717, 1.165) is 30.4 Å². The van der Waals surface area contributed by atoms with E-state index in [1.165, 1.54) is 12.3 Å². The van der Waals surface area contributed by atoms with Crippen LogP contribution in [-0.4, -0.2) is 42.1 Å². The SMILES string of the molecule is COc1cc2c(cc1OC1CCOCC1)C[C@@H](C(C)C)n1cc(C(=O)O)c(=O)cc1-2. The number of methoxy groups -OCH3 is 1. The zero-order valence-corrected chi connectivity index (χ0v) is 17.5. The van der Waals surface area contributed by atoms with E-state index in [1.807, 2.05) is 16.7 Å². The predicted molar refractivity (Wildman–Crippen MR) is 112 cm³/mol. The number of carboxylic acids is 1. The number of ether oxygens (including phenoxy) is 3. The van der Waals surface area contributed by atoms with E-state index in [1.54, 1.807) is 7.11 Å². The second-order valence-corrected chi connectivity index (χ2v) is 8.25. The molecule has 7 nitrogen and oxygen atoms in total. The first-order valence-corrected chi connectivity index (χ1v) is 10.3. The van der Waals surface area contributed by atoms with Crippen molar-refractivity contribution in [1.29, 1.82) is 0 Å². The highest BCUT2D eigenvalue weighted by molar-refractivity contribution is 5.88. The topological polar surface area (TPSA) is 87.0 Å². The van der Waals surface area contributed by atoms with Crippen molar-refractivity contribution in [3.63, 3.8) is 0 Å². The van der Waals surface area contributed by atoms with E-state index in [2.05, 4.69) is 13.8 Å². The first-order chi connectivity index (χ1) is 14.4. The molecule has 30 heavy (non-hydrogen) atoms. The lowest BCUT2D eigenvalue weighted by Gasteiger charge is -2.34. The minimum atomic E-state index is -1.21. The Labute approximate surface area is 175 Å². The summed E-state index contributed by atoms with van der Waals surface area (Å²) in [5.74, 6) is 0.345. The summed E-state index contributed by atoms with van der Waals surface area (Å²) in [6, 6.07) is 5.37. The van der Waals surface area contributed by atoms with Crippen LogP contribution in [0.4, 0.5) is 0 Å². The average molecular weight is 413 g/mol. The molecule has 7 heteroatoms. The van der Waals surface area contributed by atoms with Crippen LogP contribution in [0.3, 0.4) is 0 Å². The van der Waals surface area contributed by atoms with Gasteiger partial charge in [0.2, 0.25) is 0 Å². The molecule has 2 aliphatic heterocycles. The van der Waals surface area contributed by atoms with Crippen molar-refractivity contribution in [2.24, 2.45) is 5.92 Å². The summed E-state index contributed by atoms with van der Waals surface area (Å²) >= 11 is 0. The normalized spacial score (nSPS) is 18.6. The number of hydrogen-bond donors (Lipinski definition) is 1. The van der Waals surface area contributed by atoms with Crippen molar-refractivity contribution in [2.75, 3.05) is 20.3 Å². The van der Waals surface area contributed by atoms with Crippen LogP contribution in [0, 0.1) is 5.92 Å². The maximum Gasteiger partial charge on any atom is 0.341 e. The molecule has 1 N–H and O–H groups in total. The summed E-state index contributed by atoms with van der Waals surface area (Å²) in [5.41, 5.74) is 1.95. The molecular weight excluding hydrogens is 386 g/mol. The summed E-state index contributed by atoms with van der Waals surface area (Å²) in [7, 11) is 1.60. The fourth-order valence-electron chi connectivity index (χ4n) is 4.32. The van der Waals surface area contributed by atoms with Gasteiger partial charge in [-0.05, 0) is 30.0 Å². The van der Waals surface area contributed by atoms with Gasteiger partial charge in [-0.1, -0.05) is 13.8 Å². The fraction of sp³-hybridized carbons (Fsp3) is 0.478. The first kappa shape index (κ1) is 20.5. The lowest BCUT2D eigenvalue weighted by Crippen LogP contribution is -2.28. The Hall–Kier alpha value is -2.80. The van der Waals surface area contributed by atoms with Gasteiger partial charge in [-0.25, -0.2) is 4.79 Å². The molecule has 2 aromatic rings. The van der Waals surface area contributed by atoms with Gasteiger partial charge in [-0.2, -0.15) is 0 Å². The smallest absolute Gasteiger partial charge is 0.341 e. The number of aromatic carboxylic acids is 1. The van der Waals surface area contributed by atoms with Gasteiger partial charge in [0, 0.05) is 36.7 Å². The van der Waals surface area contributed by atoms with Crippen LogP contribution >= 0.6 is 0 Å². The van der Waals surface area contributed by atoms with Gasteiger partial charge in [0.1, 0.15) is 11.7 Å². The summed E-state index contributed by atoms with van der Waals surface area (Å²) in [5, 5.41) is 9.40. The molecule has 1 fully saturated rings. The molecule has 1 aromatic carbocycles. The van der Waals surface area contributed by atoms with E-state index in [0.29, 0.717) is 30.4 Å². The minimum absolute atomic E-state index is 0.0375. The zero-order chi connectivity index (χ0) is 21.4.